The molecular weight excluding hydrogens is 1010 g/mol. The highest BCUT2D eigenvalue weighted by Crippen LogP contribution is 2.13. The standard InChI is InChI=1S/C72H115NO8/c1-6-8-10-12-14-16-18-20-22-24-25-26-27-28-29-30-31-32-33-34-35-36-37-38-39-40-41-42-43-44-45-47-49-51-53-55-57-59-61-63-70(75)81-68(67-80-72(71(76)77)78-65-64-73(3,4)5)66-79-69(74)62-60-58-56-54-52-50-48-46-23-21-19-17-15-13-11-9-7-2/h8,10,14,16,20-23,25-26,28-29,31-32,34-35,37-38,40-41,43-44,47,49,53,55,68,72H,6-7,9,11-13,15,17-19,24,27,30,33,36,39,42,45-46,48,50-52,54,56-67H2,1-5H3/b10-8-,16-14-,22-20-,23-21-,26-25-,29-28-,32-31-,35-34-,38-37-,41-40-,44-43-,49-47-,55-53-. The number of hydrogen-bond acceptors (Lipinski definition) is 8. The lowest BCUT2D eigenvalue weighted by molar-refractivity contribution is -0.870. The smallest absolute Gasteiger partial charge is 0.306 e. The highest BCUT2D eigenvalue weighted by Gasteiger charge is 2.22. The van der Waals surface area contributed by atoms with Crippen LogP contribution < -0.4 is 5.11 Å². The van der Waals surface area contributed by atoms with Gasteiger partial charge in [-0.25, -0.2) is 0 Å². The predicted molar refractivity (Wildman–Crippen MR) is 342 cm³/mol. The number of rotatable bonds is 56. The Morgan fingerprint density at radius 2 is 0.704 bits per heavy atom. The molecule has 9 nitrogen and oxygen atoms in total. The predicted octanol–water partition coefficient (Wildman–Crippen LogP) is 18.0. The van der Waals surface area contributed by atoms with Crippen molar-refractivity contribution in [3.05, 3.63) is 158 Å². The summed E-state index contributed by atoms with van der Waals surface area (Å²) in [6.07, 6.45) is 87.4. The van der Waals surface area contributed by atoms with E-state index in [2.05, 4.69) is 172 Å². The second-order valence-electron chi connectivity index (χ2n) is 21.6. The highest BCUT2D eigenvalue weighted by molar-refractivity contribution is 5.70. The number of esters is 2. The van der Waals surface area contributed by atoms with Crippen LogP contribution in [0, 0.1) is 0 Å². The van der Waals surface area contributed by atoms with Gasteiger partial charge in [-0.2, -0.15) is 0 Å². The number of carboxylic acids is 1. The molecule has 0 aromatic carbocycles. The van der Waals surface area contributed by atoms with Gasteiger partial charge in [0.05, 0.1) is 40.3 Å². The molecule has 0 saturated heterocycles. The van der Waals surface area contributed by atoms with Crippen LogP contribution in [0.1, 0.15) is 219 Å². The third kappa shape index (κ3) is 62.4. The number of ether oxygens (including phenoxy) is 4. The van der Waals surface area contributed by atoms with Crippen LogP contribution in [-0.4, -0.2) is 82.3 Å². The Labute approximate surface area is 495 Å². The number of aliphatic carboxylic acids is 1. The van der Waals surface area contributed by atoms with Crippen molar-refractivity contribution >= 4 is 17.9 Å². The minimum absolute atomic E-state index is 0.130. The molecule has 456 valence electrons. The third-order valence-electron chi connectivity index (χ3n) is 12.8. The van der Waals surface area contributed by atoms with Crippen molar-refractivity contribution in [2.75, 3.05) is 47.5 Å². The van der Waals surface area contributed by atoms with Crippen LogP contribution >= 0.6 is 0 Å². The van der Waals surface area contributed by atoms with Crippen molar-refractivity contribution in [1.29, 1.82) is 0 Å². The fourth-order valence-corrected chi connectivity index (χ4v) is 7.92. The van der Waals surface area contributed by atoms with Gasteiger partial charge in [0.25, 0.3) is 0 Å². The summed E-state index contributed by atoms with van der Waals surface area (Å²) >= 11 is 0. The van der Waals surface area contributed by atoms with E-state index >= 15 is 0 Å². The van der Waals surface area contributed by atoms with Gasteiger partial charge in [0.2, 0.25) is 0 Å². The molecule has 0 aliphatic heterocycles. The van der Waals surface area contributed by atoms with Crippen LogP contribution in [0.25, 0.3) is 0 Å². The van der Waals surface area contributed by atoms with Crippen molar-refractivity contribution in [1.82, 2.24) is 0 Å². The van der Waals surface area contributed by atoms with Crippen LogP contribution in [0.3, 0.4) is 0 Å². The number of hydrogen-bond donors (Lipinski definition) is 0. The fourth-order valence-electron chi connectivity index (χ4n) is 7.92. The number of carbonyl (C=O) groups excluding carboxylic acids is 3. The largest absolute Gasteiger partial charge is 0.545 e. The molecule has 0 saturated carbocycles. The van der Waals surface area contributed by atoms with Crippen molar-refractivity contribution in [3.8, 4) is 0 Å². The molecule has 0 aliphatic rings. The first-order valence-electron chi connectivity index (χ1n) is 31.6. The Morgan fingerprint density at radius 3 is 1.09 bits per heavy atom. The molecule has 0 amide bonds. The zero-order chi connectivity index (χ0) is 59.1. The Morgan fingerprint density at radius 1 is 0.383 bits per heavy atom. The molecular formula is C72H115NO8. The Hall–Kier alpha value is -5.09. The Bertz CT molecular complexity index is 1880. The molecule has 0 spiro atoms. The van der Waals surface area contributed by atoms with E-state index in [1.165, 1.54) is 64.2 Å². The maximum atomic E-state index is 12.9. The third-order valence-corrected chi connectivity index (χ3v) is 12.8. The maximum absolute atomic E-state index is 12.9. The number of likely N-dealkylation sites (N-methyl/N-ethyl adjacent to an activating group) is 1. The number of carbonyl (C=O) groups is 3. The molecule has 9 heteroatoms. The number of carboxylic acid groups (broad SMARTS) is 1. The van der Waals surface area contributed by atoms with Gasteiger partial charge >= 0.3 is 11.9 Å². The van der Waals surface area contributed by atoms with Crippen molar-refractivity contribution < 1.29 is 42.9 Å². The van der Waals surface area contributed by atoms with Crippen LogP contribution in [0.2, 0.25) is 0 Å². The summed E-state index contributed by atoms with van der Waals surface area (Å²) in [5.74, 6) is -2.37. The molecule has 0 radical (unpaired) electrons. The Kier molecular flexibility index (Phi) is 57.2. The first-order chi connectivity index (χ1) is 39.6. The van der Waals surface area contributed by atoms with Gasteiger partial charge in [-0.1, -0.05) is 236 Å². The van der Waals surface area contributed by atoms with E-state index in [9.17, 15) is 19.5 Å². The van der Waals surface area contributed by atoms with Gasteiger partial charge in [-0.3, -0.25) is 9.59 Å². The zero-order valence-corrected chi connectivity index (χ0v) is 51.8. The quantitative estimate of drug-likeness (QED) is 0.0195. The van der Waals surface area contributed by atoms with Gasteiger partial charge < -0.3 is 33.3 Å². The monoisotopic (exact) mass is 1120 g/mol. The molecule has 2 atom stereocenters. The normalized spacial score (nSPS) is 13.8. The first-order valence-corrected chi connectivity index (χ1v) is 31.6. The summed E-state index contributed by atoms with van der Waals surface area (Å²) in [7, 11) is 5.89. The number of nitrogens with zero attached hydrogens (tertiary/aromatic N) is 1. The van der Waals surface area contributed by atoms with Crippen LogP contribution in [0.15, 0.2) is 158 Å². The summed E-state index contributed by atoms with van der Waals surface area (Å²) in [6.45, 7) is 4.55. The van der Waals surface area contributed by atoms with Crippen molar-refractivity contribution in [2.24, 2.45) is 0 Å². The molecule has 0 rings (SSSR count). The topological polar surface area (TPSA) is 111 Å². The van der Waals surface area contributed by atoms with E-state index in [1.807, 2.05) is 21.1 Å². The van der Waals surface area contributed by atoms with Crippen LogP contribution in [0.4, 0.5) is 0 Å². The molecule has 0 bridgehead atoms. The van der Waals surface area contributed by atoms with Crippen LogP contribution in [0.5, 0.6) is 0 Å². The lowest BCUT2D eigenvalue weighted by Crippen LogP contribution is -2.44. The second kappa shape index (κ2) is 61.0. The number of quaternary nitrogens is 1. The molecule has 0 fully saturated rings. The Balaban J connectivity index is 4.31. The van der Waals surface area contributed by atoms with Gasteiger partial charge in [0.15, 0.2) is 12.4 Å². The van der Waals surface area contributed by atoms with Gasteiger partial charge in [-0.15, -0.1) is 0 Å². The van der Waals surface area contributed by atoms with Gasteiger partial charge in [0.1, 0.15) is 13.2 Å². The van der Waals surface area contributed by atoms with Gasteiger partial charge in [-0.05, 0) is 128 Å². The van der Waals surface area contributed by atoms with E-state index in [4.69, 9.17) is 18.9 Å². The van der Waals surface area contributed by atoms with E-state index < -0.39 is 24.3 Å². The summed E-state index contributed by atoms with van der Waals surface area (Å²) in [5.41, 5.74) is 0. The lowest BCUT2D eigenvalue weighted by atomic mass is 10.1. The second-order valence-corrected chi connectivity index (χ2v) is 21.6. The maximum Gasteiger partial charge on any atom is 0.306 e. The van der Waals surface area contributed by atoms with Gasteiger partial charge in [0, 0.05) is 12.8 Å². The van der Waals surface area contributed by atoms with Crippen molar-refractivity contribution in [3.63, 3.8) is 0 Å². The van der Waals surface area contributed by atoms with E-state index in [0.29, 0.717) is 17.4 Å². The SMILES string of the molecule is CC/C=C\C/C=C\C/C=C\C/C=C\C/C=C\C/C=C\C/C=C\C/C=C\C/C=C\C/C=C\C/C=C\C/C=C\CCCCC(=O)OC(COC(=O)CCCCCCCCC/C=C\CCCCCCCC)COC(OCC[N+](C)(C)C)C(=O)[O-]. The first kappa shape index (κ1) is 75.9. The number of allylic oxidation sites excluding steroid dienone is 26. The van der Waals surface area contributed by atoms with E-state index in [0.717, 1.165) is 122 Å². The van der Waals surface area contributed by atoms with E-state index in [-0.39, 0.29) is 38.6 Å². The molecule has 0 N–H and O–H groups in total. The molecule has 0 aromatic heterocycles. The lowest BCUT2D eigenvalue weighted by Gasteiger charge is -2.26. The minimum Gasteiger partial charge on any atom is -0.545 e. The van der Waals surface area contributed by atoms with E-state index in [1.54, 1.807) is 0 Å². The number of unbranched alkanes of at least 4 members (excludes halogenated alkanes) is 15. The average Bonchev–Trinajstić information content (AvgIpc) is 3.44. The highest BCUT2D eigenvalue weighted by atomic mass is 16.7. The minimum atomic E-state index is -1.64. The zero-order valence-electron chi connectivity index (χ0n) is 51.8. The summed E-state index contributed by atoms with van der Waals surface area (Å²) in [4.78, 5) is 37.3. The molecule has 0 aromatic rings. The summed E-state index contributed by atoms with van der Waals surface area (Å²) in [5, 5.41) is 11.8. The molecule has 0 heterocycles. The fraction of sp³-hybridized carbons (Fsp3) is 0.597. The molecule has 2 unspecified atom stereocenters. The van der Waals surface area contributed by atoms with Crippen LogP contribution in [-0.2, 0) is 33.3 Å². The summed E-state index contributed by atoms with van der Waals surface area (Å²) < 4.78 is 22.6. The summed E-state index contributed by atoms with van der Waals surface area (Å²) in [6, 6.07) is 0. The van der Waals surface area contributed by atoms with Crippen molar-refractivity contribution in [2.45, 2.75) is 232 Å². The molecule has 0 aliphatic carbocycles. The average molecular weight is 1120 g/mol. The molecule has 81 heavy (non-hydrogen) atoms.